The molecule has 2 fully saturated rings. The first kappa shape index (κ1) is 17.2. The molecule has 0 bridgehead atoms. The zero-order chi connectivity index (χ0) is 16.9. The van der Waals surface area contributed by atoms with Gasteiger partial charge in [0.15, 0.2) is 5.78 Å². The zero-order valence-electron chi connectivity index (χ0n) is 14.7. The summed E-state index contributed by atoms with van der Waals surface area (Å²) in [5, 5.41) is 0. The van der Waals surface area contributed by atoms with Crippen molar-refractivity contribution >= 4 is 11.7 Å². The minimum Gasteiger partial charge on any atom is -0.341 e. The van der Waals surface area contributed by atoms with Crippen molar-refractivity contribution in [3.63, 3.8) is 0 Å². The summed E-state index contributed by atoms with van der Waals surface area (Å²) < 4.78 is 0. The number of carbonyl (C=O) groups excluding carboxylic acids is 2. The Bertz CT molecular complexity index is 582. The van der Waals surface area contributed by atoms with Gasteiger partial charge in [-0.25, -0.2) is 0 Å². The van der Waals surface area contributed by atoms with Crippen LogP contribution >= 0.6 is 0 Å². The van der Waals surface area contributed by atoms with Gasteiger partial charge in [-0.3, -0.25) is 14.5 Å². The van der Waals surface area contributed by atoms with Crippen LogP contribution in [0.5, 0.6) is 0 Å². The fourth-order valence-electron chi connectivity index (χ4n) is 3.88. The fraction of sp³-hybridized carbons (Fsp3) is 0.600. The number of amides is 1. The maximum atomic E-state index is 12.5. The number of fused-ring (bicyclic) bond motifs is 1. The van der Waals surface area contributed by atoms with Crippen molar-refractivity contribution in [2.24, 2.45) is 0 Å². The second-order valence-corrected chi connectivity index (χ2v) is 7.00. The highest BCUT2D eigenvalue weighted by Crippen LogP contribution is 2.22. The van der Waals surface area contributed by atoms with Gasteiger partial charge in [-0.15, -0.1) is 0 Å². The molecule has 2 aliphatic heterocycles. The van der Waals surface area contributed by atoms with Gasteiger partial charge in [0.2, 0.25) is 5.91 Å². The third-order valence-electron chi connectivity index (χ3n) is 5.41. The Labute approximate surface area is 144 Å². The summed E-state index contributed by atoms with van der Waals surface area (Å²) in [7, 11) is 0. The number of carbonyl (C=O) groups is 2. The summed E-state index contributed by atoms with van der Waals surface area (Å²) >= 11 is 0. The number of rotatable bonds is 5. The smallest absolute Gasteiger partial charge is 0.223 e. The lowest BCUT2D eigenvalue weighted by molar-refractivity contribution is -0.131. The molecule has 1 unspecified atom stereocenters. The number of aryl methyl sites for hydroxylation is 1. The summed E-state index contributed by atoms with van der Waals surface area (Å²) in [6, 6.07) is 8.30. The molecule has 1 aromatic carbocycles. The zero-order valence-corrected chi connectivity index (χ0v) is 14.7. The number of hydrogen-bond donors (Lipinski definition) is 0. The maximum Gasteiger partial charge on any atom is 0.223 e. The van der Waals surface area contributed by atoms with Gasteiger partial charge >= 0.3 is 0 Å². The van der Waals surface area contributed by atoms with E-state index in [0.717, 1.165) is 38.0 Å². The monoisotopic (exact) mass is 328 g/mol. The first-order valence-electron chi connectivity index (χ1n) is 9.31. The van der Waals surface area contributed by atoms with E-state index in [2.05, 4.69) is 11.8 Å². The van der Waals surface area contributed by atoms with Crippen molar-refractivity contribution in [3.05, 3.63) is 35.4 Å². The summed E-state index contributed by atoms with van der Waals surface area (Å²) in [5.74, 6) is 0.214. The minimum atomic E-state index is 0.0725. The van der Waals surface area contributed by atoms with Crippen molar-refractivity contribution in [1.82, 2.24) is 9.80 Å². The van der Waals surface area contributed by atoms with Crippen LogP contribution in [0.3, 0.4) is 0 Å². The summed E-state index contributed by atoms with van der Waals surface area (Å²) in [4.78, 5) is 29.3. The number of hydrogen-bond acceptors (Lipinski definition) is 3. The van der Waals surface area contributed by atoms with Crippen molar-refractivity contribution in [2.75, 3.05) is 26.2 Å². The van der Waals surface area contributed by atoms with Gasteiger partial charge in [0.05, 0.1) is 0 Å². The molecule has 4 nitrogen and oxygen atoms in total. The first-order chi connectivity index (χ1) is 11.7. The molecule has 3 rings (SSSR count). The first-order valence-corrected chi connectivity index (χ1v) is 9.31. The van der Waals surface area contributed by atoms with E-state index in [1.165, 1.54) is 24.9 Å². The molecule has 1 amide bonds. The Balaban J connectivity index is 1.51. The molecule has 0 aromatic heterocycles. The van der Waals surface area contributed by atoms with Crippen LogP contribution in [0.25, 0.3) is 0 Å². The van der Waals surface area contributed by atoms with Crippen molar-refractivity contribution in [1.29, 1.82) is 0 Å². The van der Waals surface area contributed by atoms with Crippen LogP contribution in [0, 0.1) is 0 Å². The lowest BCUT2D eigenvalue weighted by atomic mass is 10.0. The Hall–Kier alpha value is -1.68. The van der Waals surface area contributed by atoms with Gasteiger partial charge < -0.3 is 4.90 Å². The molecule has 0 spiro atoms. The molecule has 1 atom stereocenters. The highest BCUT2D eigenvalue weighted by Gasteiger charge is 2.30. The van der Waals surface area contributed by atoms with E-state index >= 15 is 0 Å². The molecule has 2 saturated heterocycles. The van der Waals surface area contributed by atoms with Crippen LogP contribution in [0.1, 0.15) is 54.9 Å². The molecular weight excluding hydrogens is 300 g/mol. The second kappa shape index (κ2) is 7.93. The molecule has 24 heavy (non-hydrogen) atoms. The third kappa shape index (κ3) is 4.04. The van der Waals surface area contributed by atoms with Gasteiger partial charge in [0.1, 0.15) is 0 Å². The average Bonchev–Trinajstić information content (AvgIpc) is 2.96. The van der Waals surface area contributed by atoms with E-state index in [0.29, 0.717) is 18.9 Å². The molecule has 130 valence electrons. The normalized spacial score (nSPS) is 21.4. The van der Waals surface area contributed by atoms with E-state index in [1.807, 2.05) is 29.2 Å². The van der Waals surface area contributed by atoms with Gasteiger partial charge in [-0.05, 0) is 37.8 Å². The molecule has 0 radical (unpaired) electrons. The maximum absolute atomic E-state index is 12.5. The van der Waals surface area contributed by atoms with E-state index in [-0.39, 0.29) is 11.7 Å². The van der Waals surface area contributed by atoms with Crippen LogP contribution in [0.2, 0.25) is 0 Å². The summed E-state index contributed by atoms with van der Waals surface area (Å²) in [6.45, 7) is 6.07. The van der Waals surface area contributed by atoms with Crippen molar-refractivity contribution in [2.45, 2.75) is 51.5 Å². The highest BCUT2D eigenvalue weighted by molar-refractivity contribution is 5.98. The molecule has 1 aromatic rings. The second-order valence-electron chi connectivity index (χ2n) is 7.00. The predicted molar refractivity (Wildman–Crippen MR) is 95.2 cm³/mol. The lowest BCUT2D eigenvalue weighted by Crippen LogP contribution is -2.39. The lowest BCUT2D eigenvalue weighted by Gasteiger charge is -2.25. The Morgan fingerprint density at radius 1 is 1.04 bits per heavy atom. The van der Waals surface area contributed by atoms with Gasteiger partial charge in [0, 0.05) is 44.1 Å². The summed E-state index contributed by atoms with van der Waals surface area (Å²) in [6.07, 6.45) is 5.12. The third-order valence-corrected chi connectivity index (χ3v) is 5.41. The van der Waals surface area contributed by atoms with E-state index in [9.17, 15) is 9.59 Å². The van der Waals surface area contributed by atoms with Crippen molar-refractivity contribution in [3.8, 4) is 0 Å². The van der Waals surface area contributed by atoms with Crippen LogP contribution in [0.15, 0.2) is 24.3 Å². The number of ketones is 1. The number of Topliss-reactive ketones (excluding diaryl/α,β-unsaturated/α-hetero) is 1. The van der Waals surface area contributed by atoms with Crippen LogP contribution < -0.4 is 0 Å². The van der Waals surface area contributed by atoms with Gasteiger partial charge in [0.25, 0.3) is 0 Å². The molecule has 0 aliphatic carbocycles. The van der Waals surface area contributed by atoms with Crippen LogP contribution in [-0.2, 0) is 11.2 Å². The molecule has 2 aliphatic rings. The molecule has 0 N–H and O–H groups in total. The Morgan fingerprint density at radius 2 is 1.79 bits per heavy atom. The fourth-order valence-corrected chi connectivity index (χ4v) is 3.88. The van der Waals surface area contributed by atoms with E-state index in [4.69, 9.17) is 0 Å². The van der Waals surface area contributed by atoms with Gasteiger partial charge in [-0.2, -0.15) is 0 Å². The quantitative estimate of drug-likeness (QED) is 0.780. The standard InChI is InChI=1S/C20H28N2O2/c1-2-16-6-8-17(9-7-16)19(23)10-11-20(24)22-14-4-13-21-12-3-5-18(21)15-22/h6-9,18H,2-5,10-15H2,1H3. The van der Waals surface area contributed by atoms with Gasteiger partial charge in [-0.1, -0.05) is 31.2 Å². The average molecular weight is 328 g/mol. The Morgan fingerprint density at radius 3 is 2.54 bits per heavy atom. The molecule has 2 heterocycles. The predicted octanol–water partition coefficient (Wildman–Crippen LogP) is 2.91. The molecule has 0 saturated carbocycles. The molecular formula is C20H28N2O2. The van der Waals surface area contributed by atoms with E-state index < -0.39 is 0 Å². The van der Waals surface area contributed by atoms with E-state index in [1.54, 1.807) is 0 Å². The largest absolute Gasteiger partial charge is 0.341 e. The molecule has 4 heteroatoms. The van der Waals surface area contributed by atoms with Crippen LogP contribution in [-0.4, -0.2) is 53.7 Å². The number of benzene rings is 1. The number of nitrogens with zero attached hydrogens (tertiary/aromatic N) is 2. The van der Waals surface area contributed by atoms with Crippen molar-refractivity contribution < 1.29 is 9.59 Å². The summed E-state index contributed by atoms with van der Waals surface area (Å²) in [5.41, 5.74) is 1.95. The Kier molecular flexibility index (Phi) is 5.67. The highest BCUT2D eigenvalue weighted by atomic mass is 16.2. The van der Waals surface area contributed by atoms with Crippen LogP contribution in [0.4, 0.5) is 0 Å². The topological polar surface area (TPSA) is 40.6 Å². The minimum absolute atomic E-state index is 0.0725. The SMILES string of the molecule is CCc1ccc(C(=O)CCC(=O)N2CCCN3CCCC3C2)cc1.